The quantitative estimate of drug-likeness (QED) is 0.823. The number of aryl methyl sites for hydroxylation is 1. The van der Waals surface area contributed by atoms with Gasteiger partial charge < -0.3 is 5.11 Å². The van der Waals surface area contributed by atoms with Gasteiger partial charge in [-0.15, -0.1) is 0 Å². The number of aliphatic carboxylic acids is 1. The zero-order valence-electron chi connectivity index (χ0n) is 9.82. The van der Waals surface area contributed by atoms with Gasteiger partial charge in [0.1, 0.15) is 6.54 Å². The van der Waals surface area contributed by atoms with Crippen molar-refractivity contribution in [2.45, 2.75) is 39.7 Å². The molecule has 3 rings (SSSR count). The van der Waals surface area contributed by atoms with Crippen LogP contribution in [0.25, 0.3) is 0 Å². The van der Waals surface area contributed by atoms with E-state index in [2.05, 4.69) is 18.9 Å². The van der Waals surface area contributed by atoms with E-state index >= 15 is 0 Å². The molecule has 2 atom stereocenters. The molecule has 1 saturated carbocycles. The minimum Gasteiger partial charge on any atom is -0.480 e. The molecule has 0 bridgehead atoms. The van der Waals surface area contributed by atoms with Crippen molar-refractivity contribution in [3.05, 3.63) is 17.0 Å². The Bertz CT molecular complexity index is 487. The van der Waals surface area contributed by atoms with Crippen LogP contribution >= 0.6 is 0 Å². The monoisotopic (exact) mass is 220 g/mol. The Kier molecular flexibility index (Phi) is 1.65. The number of nitrogens with zero attached hydrogens (tertiary/aromatic N) is 2. The van der Waals surface area contributed by atoms with Gasteiger partial charge in [0.2, 0.25) is 0 Å². The van der Waals surface area contributed by atoms with Gasteiger partial charge in [0.15, 0.2) is 0 Å². The molecule has 0 aliphatic heterocycles. The first kappa shape index (κ1) is 9.87. The number of hydrogen-bond donors (Lipinski definition) is 1. The summed E-state index contributed by atoms with van der Waals surface area (Å²) in [5.74, 6) is 0.509. The number of hydrogen-bond acceptors (Lipinski definition) is 2. The Balaban J connectivity index is 2.01. The van der Waals surface area contributed by atoms with Crippen molar-refractivity contribution in [2.24, 2.45) is 11.3 Å². The minimum atomic E-state index is -0.815. The smallest absolute Gasteiger partial charge is 0.325 e. The Hall–Kier alpha value is -1.32. The molecule has 86 valence electrons. The summed E-state index contributed by atoms with van der Waals surface area (Å²) in [4.78, 5) is 10.7. The number of fused-ring (bicyclic) bond motifs is 3. The molecule has 0 aromatic carbocycles. The summed E-state index contributed by atoms with van der Waals surface area (Å²) >= 11 is 0. The van der Waals surface area contributed by atoms with Crippen LogP contribution in [-0.4, -0.2) is 20.9 Å². The Morgan fingerprint density at radius 3 is 2.94 bits per heavy atom. The van der Waals surface area contributed by atoms with Crippen molar-refractivity contribution in [1.29, 1.82) is 0 Å². The fourth-order valence-electron chi connectivity index (χ4n) is 3.43. The third kappa shape index (κ3) is 1.05. The highest BCUT2D eigenvalue weighted by Crippen LogP contribution is 2.70. The van der Waals surface area contributed by atoms with E-state index in [4.69, 9.17) is 5.11 Å². The van der Waals surface area contributed by atoms with Crippen molar-refractivity contribution in [3.8, 4) is 0 Å². The Morgan fingerprint density at radius 2 is 2.31 bits per heavy atom. The normalized spacial score (nSPS) is 28.7. The lowest BCUT2D eigenvalue weighted by Crippen LogP contribution is -2.14. The molecule has 0 radical (unpaired) electrons. The highest BCUT2D eigenvalue weighted by atomic mass is 16.4. The van der Waals surface area contributed by atoms with Gasteiger partial charge in [0, 0.05) is 11.3 Å². The molecule has 0 amide bonds. The number of aromatic nitrogens is 2. The van der Waals surface area contributed by atoms with Gasteiger partial charge in [-0.25, -0.2) is 0 Å². The van der Waals surface area contributed by atoms with Crippen LogP contribution in [0.2, 0.25) is 0 Å². The van der Waals surface area contributed by atoms with Crippen LogP contribution in [-0.2, 0) is 17.8 Å². The van der Waals surface area contributed by atoms with Gasteiger partial charge in [0.05, 0.1) is 5.69 Å². The predicted molar refractivity (Wildman–Crippen MR) is 58.3 cm³/mol. The summed E-state index contributed by atoms with van der Waals surface area (Å²) in [6.07, 6.45) is 1.00. The van der Waals surface area contributed by atoms with E-state index in [9.17, 15) is 4.79 Å². The topological polar surface area (TPSA) is 55.1 Å². The Labute approximate surface area is 94.3 Å². The maximum Gasteiger partial charge on any atom is 0.325 e. The van der Waals surface area contributed by atoms with Crippen LogP contribution in [0.15, 0.2) is 0 Å². The average molecular weight is 220 g/mol. The molecule has 0 spiro atoms. The standard InChI is InChI=1S/C12H16N2O2/c1-6-10-8(14(13-6)5-9(15)16)4-7-11(10)12(7,2)3/h7,11H,4-5H2,1-3H3,(H,15,16)/t7-,11-/m1/s1. The van der Waals surface area contributed by atoms with Gasteiger partial charge in [-0.2, -0.15) is 5.10 Å². The van der Waals surface area contributed by atoms with Crippen molar-refractivity contribution in [3.63, 3.8) is 0 Å². The zero-order valence-corrected chi connectivity index (χ0v) is 9.82. The minimum absolute atomic E-state index is 0.00393. The average Bonchev–Trinajstić information content (AvgIpc) is 2.52. The molecule has 2 aliphatic carbocycles. The van der Waals surface area contributed by atoms with Gasteiger partial charge >= 0.3 is 5.97 Å². The van der Waals surface area contributed by atoms with Crippen molar-refractivity contribution < 1.29 is 9.90 Å². The highest BCUT2D eigenvalue weighted by Gasteiger charge is 2.63. The molecular formula is C12H16N2O2. The maximum absolute atomic E-state index is 10.7. The summed E-state index contributed by atoms with van der Waals surface area (Å²) in [6.45, 7) is 6.57. The molecule has 1 N–H and O–H groups in total. The van der Waals surface area contributed by atoms with Gasteiger partial charge in [-0.3, -0.25) is 9.48 Å². The fraction of sp³-hybridized carbons (Fsp3) is 0.667. The first-order valence-corrected chi connectivity index (χ1v) is 5.71. The number of rotatable bonds is 2. The lowest BCUT2D eigenvalue weighted by atomic mass is 9.98. The second-order valence-corrected chi connectivity index (χ2v) is 5.61. The Morgan fingerprint density at radius 1 is 1.62 bits per heavy atom. The second kappa shape index (κ2) is 2.67. The summed E-state index contributed by atoms with van der Waals surface area (Å²) in [7, 11) is 0. The van der Waals surface area contributed by atoms with E-state index < -0.39 is 5.97 Å². The zero-order chi connectivity index (χ0) is 11.7. The molecule has 4 heteroatoms. The molecule has 1 aromatic heterocycles. The molecule has 0 saturated heterocycles. The number of carbonyl (C=O) groups is 1. The lowest BCUT2D eigenvalue weighted by molar-refractivity contribution is -0.137. The maximum atomic E-state index is 10.7. The van der Waals surface area contributed by atoms with Gasteiger partial charge in [-0.05, 0) is 30.6 Å². The summed E-state index contributed by atoms with van der Waals surface area (Å²) in [5, 5.41) is 13.2. The van der Waals surface area contributed by atoms with E-state index in [1.807, 2.05) is 6.92 Å². The molecule has 1 heterocycles. The lowest BCUT2D eigenvalue weighted by Gasteiger charge is -2.09. The largest absolute Gasteiger partial charge is 0.480 e. The van der Waals surface area contributed by atoms with Gasteiger partial charge in [0.25, 0.3) is 0 Å². The molecule has 4 nitrogen and oxygen atoms in total. The van der Waals surface area contributed by atoms with E-state index in [0.29, 0.717) is 17.3 Å². The van der Waals surface area contributed by atoms with Gasteiger partial charge in [-0.1, -0.05) is 13.8 Å². The van der Waals surface area contributed by atoms with Crippen LogP contribution in [0.4, 0.5) is 0 Å². The van der Waals surface area contributed by atoms with E-state index in [0.717, 1.165) is 17.8 Å². The number of carboxylic acids is 1. The second-order valence-electron chi connectivity index (χ2n) is 5.61. The first-order chi connectivity index (χ1) is 7.43. The molecular weight excluding hydrogens is 204 g/mol. The predicted octanol–water partition coefficient (Wildman–Crippen LogP) is 1.57. The highest BCUT2D eigenvalue weighted by molar-refractivity contribution is 5.66. The van der Waals surface area contributed by atoms with Crippen LogP contribution < -0.4 is 0 Å². The van der Waals surface area contributed by atoms with Crippen molar-refractivity contribution >= 4 is 5.97 Å². The van der Waals surface area contributed by atoms with Crippen LogP contribution in [0.1, 0.15) is 36.7 Å². The van der Waals surface area contributed by atoms with Crippen molar-refractivity contribution in [2.75, 3.05) is 0 Å². The van der Waals surface area contributed by atoms with E-state index in [1.165, 1.54) is 5.56 Å². The fourth-order valence-corrected chi connectivity index (χ4v) is 3.43. The summed E-state index contributed by atoms with van der Waals surface area (Å²) < 4.78 is 1.68. The van der Waals surface area contributed by atoms with Crippen molar-refractivity contribution in [1.82, 2.24) is 9.78 Å². The molecule has 1 aromatic rings. The van der Waals surface area contributed by atoms with Crippen LogP contribution in [0.3, 0.4) is 0 Å². The summed E-state index contributed by atoms with van der Waals surface area (Å²) in [6, 6.07) is 0. The van der Waals surface area contributed by atoms with E-state index in [1.54, 1.807) is 4.68 Å². The number of carboxylic acid groups (broad SMARTS) is 1. The molecule has 2 aliphatic rings. The molecule has 0 unspecified atom stereocenters. The molecule has 16 heavy (non-hydrogen) atoms. The van der Waals surface area contributed by atoms with E-state index in [-0.39, 0.29) is 6.54 Å². The molecule has 1 fully saturated rings. The van der Waals surface area contributed by atoms with Crippen LogP contribution in [0.5, 0.6) is 0 Å². The summed E-state index contributed by atoms with van der Waals surface area (Å²) in [5.41, 5.74) is 3.91. The van der Waals surface area contributed by atoms with Crippen LogP contribution in [0, 0.1) is 18.3 Å². The first-order valence-electron chi connectivity index (χ1n) is 5.71. The third-order valence-electron chi connectivity index (χ3n) is 4.34. The SMILES string of the molecule is Cc1nn(CC(=O)O)c2c1[C@H]1[C@@H](C2)C1(C)C. The third-order valence-corrected chi connectivity index (χ3v) is 4.34.